The predicted molar refractivity (Wildman–Crippen MR) is 115 cm³/mol. The van der Waals surface area contributed by atoms with Crippen LogP contribution in [0.25, 0.3) is 0 Å². The summed E-state index contributed by atoms with van der Waals surface area (Å²) in [7, 11) is -3.41. The number of anilines is 1. The topological polar surface area (TPSA) is 92.0 Å². The van der Waals surface area contributed by atoms with Gasteiger partial charge in [-0.2, -0.15) is 5.10 Å². The van der Waals surface area contributed by atoms with Crippen LogP contribution >= 0.6 is 11.6 Å². The number of rotatable bonds is 5. The van der Waals surface area contributed by atoms with Crippen LogP contribution in [0.5, 0.6) is 0 Å². The third kappa shape index (κ3) is 4.47. The number of carbonyl (C=O) groups excluding carboxylic acids is 1. The van der Waals surface area contributed by atoms with Crippen molar-refractivity contribution < 1.29 is 22.0 Å². The third-order valence-corrected chi connectivity index (χ3v) is 5.64. The lowest BCUT2D eigenvalue weighted by Gasteiger charge is -2.22. The molecule has 0 bridgehead atoms. The highest BCUT2D eigenvalue weighted by atomic mass is 35.5. The first-order chi connectivity index (χ1) is 14.7. The lowest BCUT2D eigenvalue weighted by molar-refractivity contribution is 0.0676. The average Bonchev–Trinajstić information content (AvgIpc) is 3.37. The number of hydrogen-bond acceptors (Lipinski definition) is 5. The number of nitrogens with one attached hydrogen (secondary N) is 1. The van der Waals surface area contributed by atoms with E-state index in [0.717, 1.165) is 6.26 Å². The first kappa shape index (κ1) is 21.1. The predicted octanol–water partition coefficient (Wildman–Crippen LogP) is 4.44. The number of halogens is 2. The van der Waals surface area contributed by atoms with Crippen molar-refractivity contribution in [3.63, 3.8) is 0 Å². The molecule has 0 saturated carbocycles. The number of nitrogens with zero attached hydrogens (tertiary/aromatic N) is 2. The molecule has 160 valence electrons. The molecule has 3 aromatic rings. The molecule has 1 aromatic heterocycles. The second-order valence-corrected chi connectivity index (χ2v) is 9.14. The van der Waals surface area contributed by atoms with Crippen LogP contribution in [0.15, 0.2) is 70.4 Å². The molecule has 2 aromatic carbocycles. The van der Waals surface area contributed by atoms with Gasteiger partial charge in [0.05, 0.1) is 24.3 Å². The van der Waals surface area contributed by atoms with Gasteiger partial charge in [0.1, 0.15) is 5.82 Å². The molecule has 0 fully saturated rings. The Kier molecular flexibility index (Phi) is 5.55. The zero-order chi connectivity index (χ0) is 22.2. The number of sulfonamides is 1. The number of benzene rings is 2. The SMILES string of the molecule is CS(=O)(=O)Nc1ccc(C2=NN(C(=O)c3ccco3)[C@H](c3c(F)cccc3Cl)C2)cc1. The van der Waals surface area contributed by atoms with Gasteiger partial charge in [0.25, 0.3) is 0 Å². The van der Waals surface area contributed by atoms with Crippen molar-refractivity contribution in [2.24, 2.45) is 5.10 Å². The highest BCUT2D eigenvalue weighted by molar-refractivity contribution is 7.92. The zero-order valence-corrected chi connectivity index (χ0v) is 17.8. The smallest absolute Gasteiger partial charge is 0.310 e. The second kappa shape index (κ2) is 8.16. The van der Waals surface area contributed by atoms with Gasteiger partial charge < -0.3 is 4.42 Å². The molecule has 1 amide bonds. The maximum absolute atomic E-state index is 14.7. The fraction of sp³-hybridized carbons (Fsp3) is 0.143. The van der Waals surface area contributed by atoms with E-state index in [1.165, 1.54) is 29.5 Å². The molecule has 0 unspecified atom stereocenters. The summed E-state index contributed by atoms with van der Waals surface area (Å²) in [5, 5.41) is 5.79. The van der Waals surface area contributed by atoms with Crippen LogP contribution in [-0.4, -0.2) is 31.3 Å². The Morgan fingerprint density at radius 3 is 2.55 bits per heavy atom. The maximum atomic E-state index is 14.7. The normalized spacial score (nSPS) is 16.3. The third-order valence-electron chi connectivity index (χ3n) is 4.70. The van der Waals surface area contributed by atoms with Crippen LogP contribution in [0.3, 0.4) is 0 Å². The van der Waals surface area contributed by atoms with E-state index in [2.05, 4.69) is 9.82 Å². The molecule has 0 saturated heterocycles. The van der Waals surface area contributed by atoms with Gasteiger partial charge in [-0.1, -0.05) is 29.8 Å². The van der Waals surface area contributed by atoms with Crippen molar-refractivity contribution in [2.45, 2.75) is 12.5 Å². The van der Waals surface area contributed by atoms with E-state index >= 15 is 0 Å². The molecule has 1 aliphatic heterocycles. The average molecular weight is 462 g/mol. The highest BCUT2D eigenvalue weighted by Gasteiger charge is 2.37. The minimum absolute atomic E-state index is 0.0650. The van der Waals surface area contributed by atoms with Gasteiger partial charge in [-0.05, 0) is 42.0 Å². The Balaban J connectivity index is 1.71. The van der Waals surface area contributed by atoms with E-state index in [1.807, 2.05) is 0 Å². The molecule has 2 heterocycles. The molecule has 4 rings (SSSR count). The molecular formula is C21H17ClFN3O4S. The fourth-order valence-corrected chi connectivity index (χ4v) is 4.24. The molecule has 1 N–H and O–H groups in total. The van der Waals surface area contributed by atoms with Crippen LogP contribution in [0.1, 0.15) is 34.1 Å². The largest absolute Gasteiger partial charge is 0.459 e. The van der Waals surface area contributed by atoms with Gasteiger partial charge in [-0.15, -0.1) is 0 Å². The summed E-state index contributed by atoms with van der Waals surface area (Å²) in [6.07, 6.45) is 2.64. The number of carbonyl (C=O) groups is 1. The van der Waals surface area contributed by atoms with E-state index in [1.54, 1.807) is 36.4 Å². The number of furan rings is 1. The minimum atomic E-state index is -3.41. The molecule has 0 aliphatic carbocycles. The van der Waals surface area contributed by atoms with Crippen molar-refractivity contribution in [1.82, 2.24) is 5.01 Å². The Labute approximate surface area is 183 Å². The fourth-order valence-electron chi connectivity index (χ4n) is 3.38. The lowest BCUT2D eigenvalue weighted by Crippen LogP contribution is -2.27. The van der Waals surface area contributed by atoms with E-state index in [0.29, 0.717) is 17.0 Å². The summed E-state index contributed by atoms with van der Waals surface area (Å²) >= 11 is 6.26. The molecule has 10 heteroatoms. The first-order valence-corrected chi connectivity index (χ1v) is 11.5. The zero-order valence-electron chi connectivity index (χ0n) is 16.2. The van der Waals surface area contributed by atoms with E-state index in [9.17, 15) is 17.6 Å². The Bertz CT molecular complexity index is 1240. The molecule has 1 aliphatic rings. The van der Waals surface area contributed by atoms with Gasteiger partial charge in [0.15, 0.2) is 5.76 Å². The van der Waals surface area contributed by atoms with Gasteiger partial charge in [0.2, 0.25) is 10.0 Å². The van der Waals surface area contributed by atoms with Crippen LogP contribution < -0.4 is 4.72 Å². The summed E-state index contributed by atoms with van der Waals surface area (Å²) in [5.41, 5.74) is 1.74. The Morgan fingerprint density at radius 1 is 1.19 bits per heavy atom. The summed E-state index contributed by atoms with van der Waals surface area (Å²) in [6.45, 7) is 0. The van der Waals surface area contributed by atoms with Crippen LogP contribution in [0.2, 0.25) is 5.02 Å². The molecular weight excluding hydrogens is 445 g/mol. The first-order valence-electron chi connectivity index (χ1n) is 9.19. The lowest BCUT2D eigenvalue weighted by atomic mass is 9.97. The van der Waals surface area contributed by atoms with E-state index in [4.69, 9.17) is 16.0 Å². The van der Waals surface area contributed by atoms with Crippen LogP contribution in [-0.2, 0) is 10.0 Å². The Hall–Kier alpha value is -3.17. The van der Waals surface area contributed by atoms with Gasteiger partial charge in [-0.3, -0.25) is 9.52 Å². The van der Waals surface area contributed by atoms with Gasteiger partial charge in [-0.25, -0.2) is 17.8 Å². The van der Waals surface area contributed by atoms with Crippen molar-refractivity contribution >= 4 is 38.9 Å². The van der Waals surface area contributed by atoms with Crippen LogP contribution in [0.4, 0.5) is 10.1 Å². The molecule has 0 radical (unpaired) electrons. The summed E-state index contributed by atoms with van der Waals surface area (Å²) in [5.74, 6) is -1.01. The Morgan fingerprint density at radius 2 is 1.94 bits per heavy atom. The molecule has 0 spiro atoms. The van der Waals surface area contributed by atoms with Crippen molar-refractivity contribution in [1.29, 1.82) is 0 Å². The monoisotopic (exact) mass is 461 g/mol. The van der Waals surface area contributed by atoms with E-state index < -0.39 is 27.8 Å². The summed E-state index contributed by atoms with van der Waals surface area (Å²) in [6, 6.07) is 13.1. The molecule has 7 nitrogen and oxygen atoms in total. The van der Waals surface area contributed by atoms with E-state index in [-0.39, 0.29) is 22.8 Å². The summed E-state index contributed by atoms with van der Waals surface area (Å²) in [4.78, 5) is 13.0. The van der Waals surface area contributed by atoms with Crippen molar-refractivity contribution in [3.8, 4) is 0 Å². The van der Waals surface area contributed by atoms with Crippen molar-refractivity contribution in [3.05, 3.63) is 88.6 Å². The van der Waals surface area contributed by atoms with Crippen LogP contribution in [0, 0.1) is 5.82 Å². The quantitative estimate of drug-likeness (QED) is 0.608. The second-order valence-electron chi connectivity index (χ2n) is 6.98. The number of amides is 1. The van der Waals surface area contributed by atoms with Crippen molar-refractivity contribution in [2.75, 3.05) is 11.0 Å². The number of hydrazone groups is 1. The van der Waals surface area contributed by atoms with Gasteiger partial charge in [0, 0.05) is 22.7 Å². The van der Waals surface area contributed by atoms with Gasteiger partial charge >= 0.3 is 5.91 Å². The molecule has 31 heavy (non-hydrogen) atoms. The maximum Gasteiger partial charge on any atom is 0.310 e. The standard InChI is InChI=1S/C21H17ClFN3O4S/c1-31(28,29)25-14-9-7-13(8-10-14)17-12-18(20-15(22)4-2-5-16(20)23)26(24-17)21(27)19-6-3-11-30-19/h2-11,18,25H,12H2,1H3/t18-/m0/s1. The highest BCUT2D eigenvalue weighted by Crippen LogP contribution is 2.38. The summed E-state index contributed by atoms with van der Waals surface area (Å²) < 4.78 is 45.0. The minimum Gasteiger partial charge on any atom is -0.459 e. The molecule has 1 atom stereocenters. The number of hydrogen-bond donors (Lipinski definition) is 1.